The average Bonchev–Trinajstić information content (AvgIpc) is 3.10. The van der Waals surface area contributed by atoms with Crippen molar-refractivity contribution in [1.82, 2.24) is 0 Å². The Bertz CT molecular complexity index is 393. The number of carboxylic acid groups (broad SMARTS) is 1. The first-order valence-corrected chi connectivity index (χ1v) is 6.17. The molecule has 1 aliphatic rings. The number of nitrogens with one attached hydrogen (secondary N) is 1. The zero-order valence-electron chi connectivity index (χ0n) is 10.3. The number of carboxylic acids is 1. The Morgan fingerprint density at radius 1 is 1.29 bits per heavy atom. The monoisotopic (exact) mass is 233 g/mol. The van der Waals surface area contributed by atoms with Crippen LogP contribution in [-0.4, -0.2) is 17.1 Å². The van der Waals surface area contributed by atoms with Crippen LogP contribution >= 0.6 is 0 Å². The zero-order valence-corrected chi connectivity index (χ0v) is 10.3. The van der Waals surface area contributed by atoms with Crippen molar-refractivity contribution in [2.75, 3.05) is 5.32 Å². The molecule has 1 aromatic carbocycles. The van der Waals surface area contributed by atoms with Crippen LogP contribution in [-0.2, 0) is 4.79 Å². The Kier molecular flexibility index (Phi) is 3.36. The van der Waals surface area contributed by atoms with Gasteiger partial charge in [0.05, 0.1) is 0 Å². The van der Waals surface area contributed by atoms with Crippen molar-refractivity contribution in [3.8, 4) is 0 Å². The maximum atomic E-state index is 11.1. The molecule has 0 saturated heterocycles. The second kappa shape index (κ2) is 4.78. The van der Waals surface area contributed by atoms with E-state index in [0.717, 1.165) is 18.5 Å². The van der Waals surface area contributed by atoms with Crippen molar-refractivity contribution in [2.24, 2.45) is 5.92 Å². The standard InChI is InChI=1S/C14H19NO2/c1-9(2)10-5-7-12(8-6-10)15-13(14(16)17)11-3-4-11/h5-9,11,13,15H,3-4H2,1-2H3,(H,16,17). The summed E-state index contributed by atoms with van der Waals surface area (Å²) in [4.78, 5) is 11.1. The van der Waals surface area contributed by atoms with Gasteiger partial charge in [-0.15, -0.1) is 0 Å². The minimum absolute atomic E-state index is 0.303. The van der Waals surface area contributed by atoms with E-state index < -0.39 is 12.0 Å². The summed E-state index contributed by atoms with van der Waals surface area (Å²) in [6.07, 6.45) is 2.04. The number of benzene rings is 1. The minimum atomic E-state index is -0.750. The largest absolute Gasteiger partial charge is 0.480 e. The molecule has 2 N–H and O–H groups in total. The van der Waals surface area contributed by atoms with Crippen molar-refractivity contribution in [2.45, 2.75) is 38.6 Å². The molecule has 92 valence electrons. The van der Waals surface area contributed by atoms with Crippen LogP contribution in [0.15, 0.2) is 24.3 Å². The maximum absolute atomic E-state index is 11.1. The van der Waals surface area contributed by atoms with Gasteiger partial charge in [0.15, 0.2) is 0 Å². The number of hydrogen-bond acceptors (Lipinski definition) is 2. The summed E-state index contributed by atoms with van der Waals surface area (Å²) in [5.41, 5.74) is 2.17. The molecule has 3 nitrogen and oxygen atoms in total. The van der Waals surface area contributed by atoms with Gasteiger partial charge in [0, 0.05) is 5.69 Å². The summed E-state index contributed by atoms with van der Waals surface area (Å²) in [7, 11) is 0. The van der Waals surface area contributed by atoms with Crippen LogP contribution in [0, 0.1) is 5.92 Å². The van der Waals surface area contributed by atoms with Crippen LogP contribution in [0.1, 0.15) is 38.2 Å². The summed E-state index contributed by atoms with van der Waals surface area (Å²) >= 11 is 0. The van der Waals surface area contributed by atoms with Gasteiger partial charge in [0.25, 0.3) is 0 Å². The van der Waals surface area contributed by atoms with Crippen LogP contribution < -0.4 is 5.32 Å². The number of aliphatic carboxylic acids is 1. The summed E-state index contributed by atoms with van der Waals surface area (Å²) in [6, 6.07) is 7.61. The zero-order chi connectivity index (χ0) is 12.4. The molecule has 1 saturated carbocycles. The third-order valence-electron chi connectivity index (χ3n) is 3.26. The Morgan fingerprint density at radius 3 is 2.29 bits per heavy atom. The fourth-order valence-electron chi connectivity index (χ4n) is 1.95. The van der Waals surface area contributed by atoms with Crippen molar-refractivity contribution in [3.05, 3.63) is 29.8 Å². The topological polar surface area (TPSA) is 49.3 Å². The number of anilines is 1. The average molecular weight is 233 g/mol. The first kappa shape index (κ1) is 12.0. The van der Waals surface area contributed by atoms with Crippen LogP contribution in [0.25, 0.3) is 0 Å². The van der Waals surface area contributed by atoms with E-state index >= 15 is 0 Å². The van der Waals surface area contributed by atoms with Crippen molar-refractivity contribution < 1.29 is 9.90 Å². The van der Waals surface area contributed by atoms with Crippen molar-refractivity contribution in [3.63, 3.8) is 0 Å². The second-order valence-corrected chi connectivity index (χ2v) is 5.07. The van der Waals surface area contributed by atoms with E-state index in [4.69, 9.17) is 5.11 Å². The fourth-order valence-corrected chi connectivity index (χ4v) is 1.95. The number of hydrogen-bond donors (Lipinski definition) is 2. The van der Waals surface area contributed by atoms with Crippen molar-refractivity contribution >= 4 is 11.7 Å². The second-order valence-electron chi connectivity index (χ2n) is 5.07. The third kappa shape index (κ3) is 2.99. The number of carbonyl (C=O) groups is 1. The van der Waals surface area contributed by atoms with Crippen LogP contribution in [0.5, 0.6) is 0 Å². The van der Waals surface area contributed by atoms with Gasteiger partial charge in [-0.05, 0) is 42.4 Å². The molecule has 0 amide bonds. The fraction of sp³-hybridized carbons (Fsp3) is 0.500. The van der Waals surface area contributed by atoms with Crippen LogP contribution in [0.4, 0.5) is 5.69 Å². The molecule has 0 spiro atoms. The number of rotatable bonds is 5. The molecular formula is C14H19NO2. The molecule has 0 radical (unpaired) electrons. The molecule has 1 aromatic rings. The van der Waals surface area contributed by atoms with E-state index in [9.17, 15) is 4.79 Å². The molecule has 17 heavy (non-hydrogen) atoms. The van der Waals surface area contributed by atoms with Gasteiger partial charge < -0.3 is 10.4 Å². The van der Waals surface area contributed by atoms with Gasteiger partial charge in [0.1, 0.15) is 6.04 Å². The van der Waals surface area contributed by atoms with Crippen molar-refractivity contribution in [1.29, 1.82) is 0 Å². The quantitative estimate of drug-likeness (QED) is 0.821. The molecule has 0 aliphatic heterocycles. The predicted molar refractivity (Wildman–Crippen MR) is 68.3 cm³/mol. The van der Waals surface area contributed by atoms with E-state index in [1.54, 1.807) is 0 Å². The lowest BCUT2D eigenvalue weighted by atomic mass is 10.0. The van der Waals surface area contributed by atoms with Gasteiger partial charge in [-0.3, -0.25) is 0 Å². The summed E-state index contributed by atoms with van der Waals surface area (Å²) in [6.45, 7) is 4.29. The smallest absolute Gasteiger partial charge is 0.326 e. The molecule has 1 aliphatic carbocycles. The maximum Gasteiger partial charge on any atom is 0.326 e. The molecule has 0 heterocycles. The normalized spacial score (nSPS) is 16.9. The molecule has 0 aromatic heterocycles. The predicted octanol–water partition coefficient (Wildman–Crippen LogP) is 3.09. The highest BCUT2D eigenvalue weighted by atomic mass is 16.4. The highest BCUT2D eigenvalue weighted by Crippen LogP contribution is 2.34. The SMILES string of the molecule is CC(C)c1ccc(NC(C(=O)O)C2CC2)cc1. The molecule has 1 atom stereocenters. The Morgan fingerprint density at radius 2 is 1.88 bits per heavy atom. The van der Waals surface area contributed by atoms with Gasteiger partial charge in [-0.1, -0.05) is 26.0 Å². The summed E-state index contributed by atoms with van der Waals surface area (Å²) in [5, 5.41) is 12.2. The lowest BCUT2D eigenvalue weighted by Gasteiger charge is -2.15. The molecule has 1 fully saturated rings. The molecular weight excluding hydrogens is 214 g/mol. The third-order valence-corrected chi connectivity index (χ3v) is 3.26. The Hall–Kier alpha value is -1.51. The first-order valence-electron chi connectivity index (χ1n) is 6.17. The highest BCUT2D eigenvalue weighted by molar-refractivity contribution is 5.78. The molecule has 2 rings (SSSR count). The van der Waals surface area contributed by atoms with Gasteiger partial charge in [0.2, 0.25) is 0 Å². The minimum Gasteiger partial charge on any atom is -0.480 e. The van der Waals surface area contributed by atoms with E-state index in [0.29, 0.717) is 11.8 Å². The first-order chi connectivity index (χ1) is 8.08. The summed E-state index contributed by atoms with van der Waals surface area (Å²) < 4.78 is 0. The molecule has 3 heteroatoms. The van der Waals surface area contributed by atoms with E-state index in [2.05, 4.69) is 31.3 Å². The lowest BCUT2D eigenvalue weighted by Crippen LogP contribution is -2.31. The van der Waals surface area contributed by atoms with E-state index in [1.807, 2.05) is 12.1 Å². The van der Waals surface area contributed by atoms with Gasteiger partial charge >= 0.3 is 5.97 Å². The van der Waals surface area contributed by atoms with Gasteiger partial charge in [-0.2, -0.15) is 0 Å². The highest BCUT2D eigenvalue weighted by Gasteiger charge is 2.36. The summed E-state index contributed by atoms with van der Waals surface area (Å²) in [5.74, 6) is 0.0560. The molecule has 1 unspecified atom stereocenters. The van der Waals surface area contributed by atoms with E-state index in [-0.39, 0.29) is 0 Å². The lowest BCUT2D eigenvalue weighted by molar-refractivity contribution is -0.138. The van der Waals surface area contributed by atoms with Crippen LogP contribution in [0.2, 0.25) is 0 Å². The van der Waals surface area contributed by atoms with E-state index in [1.165, 1.54) is 5.56 Å². The Balaban J connectivity index is 2.04. The van der Waals surface area contributed by atoms with Crippen LogP contribution in [0.3, 0.4) is 0 Å². The van der Waals surface area contributed by atoms with Gasteiger partial charge in [-0.25, -0.2) is 4.79 Å². The Labute approximate surface area is 102 Å². The molecule has 0 bridgehead atoms.